The summed E-state index contributed by atoms with van der Waals surface area (Å²) in [6.45, 7) is 1.59. The molecule has 10 heteroatoms. The van der Waals surface area contributed by atoms with Gasteiger partial charge in [-0.3, -0.25) is 9.59 Å². The molecule has 1 spiro atoms. The zero-order chi connectivity index (χ0) is 25.6. The number of fused-ring (bicyclic) bond motifs is 2. The number of aryl methyl sites for hydroxylation is 1. The molecule has 0 radical (unpaired) electrons. The predicted molar refractivity (Wildman–Crippen MR) is 132 cm³/mol. The van der Waals surface area contributed by atoms with Crippen LogP contribution in [0.4, 0.5) is 15.3 Å². The van der Waals surface area contributed by atoms with E-state index in [9.17, 15) is 19.2 Å². The van der Waals surface area contributed by atoms with Crippen molar-refractivity contribution in [3.63, 3.8) is 0 Å². The van der Waals surface area contributed by atoms with Gasteiger partial charge in [-0.2, -0.15) is 0 Å². The van der Waals surface area contributed by atoms with Crippen LogP contribution in [-0.2, 0) is 26.3 Å². The van der Waals surface area contributed by atoms with E-state index in [-0.39, 0.29) is 37.0 Å². The highest BCUT2D eigenvalue weighted by molar-refractivity contribution is 6.30. The van der Waals surface area contributed by atoms with Crippen LogP contribution >= 0.6 is 11.6 Å². The minimum Gasteiger partial charge on any atom is -0.427 e. The molecule has 188 valence electrons. The molecule has 0 saturated carbocycles. The fourth-order valence-electron chi connectivity index (χ4n) is 5.56. The van der Waals surface area contributed by atoms with Crippen LogP contribution in [0.1, 0.15) is 48.9 Å². The average Bonchev–Trinajstić information content (AvgIpc) is 3.49. The Labute approximate surface area is 213 Å². The number of ether oxygens (including phenoxy) is 1. The molecule has 3 atom stereocenters. The van der Waals surface area contributed by atoms with Gasteiger partial charge in [0.2, 0.25) is 11.5 Å². The van der Waals surface area contributed by atoms with Crippen molar-refractivity contribution in [3.05, 3.63) is 64.2 Å². The topological polar surface area (TPSA) is 108 Å². The maximum absolute atomic E-state index is 13.5. The fraction of sp³-hybridized carbons (Fsp3) is 0.385. The monoisotopic (exact) mass is 510 g/mol. The first-order chi connectivity index (χ1) is 17.2. The highest BCUT2D eigenvalue weighted by Crippen LogP contribution is 2.46. The predicted octanol–water partition coefficient (Wildman–Crippen LogP) is 3.96. The lowest BCUT2D eigenvalue weighted by atomic mass is 9.94. The summed E-state index contributed by atoms with van der Waals surface area (Å²) in [5, 5.41) is 5.80. The number of anilines is 1. The van der Waals surface area contributed by atoms with E-state index in [1.54, 1.807) is 35.2 Å². The van der Waals surface area contributed by atoms with Crippen LogP contribution in [0.3, 0.4) is 0 Å². The molecule has 2 aliphatic heterocycles. The first-order valence-electron chi connectivity index (χ1n) is 12.0. The molecule has 36 heavy (non-hydrogen) atoms. The largest absolute Gasteiger partial charge is 0.427 e. The molecule has 2 saturated heterocycles. The van der Waals surface area contributed by atoms with E-state index in [2.05, 4.69) is 10.6 Å². The average molecular weight is 511 g/mol. The maximum Gasteiger partial charge on any atom is 0.418 e. The van der Waals surface area contributed by atoms with Gasteiger partial charge in [0.05, 0.1) is 6.04 Å². The second kappa shape index (κ2) is 9.13. The van der Waals surface area contributed by atoms with E-state index in [0.29, 0.717) is 22.7 Å². The van der Waals surface area contributed by atoms with Gasteiger partial charge in [0.25, 0.3) is 5.91 Å². The quantitative estimate of drug-likeness (QED) is 0.647. The Morgan fingerprint density at radius 1 is 1.14 bits per heavy atom. The van der Waals surface area contributed by atoms with Gasteiger partial charge >= 0.3 is 12.1 Å². The summed E-state index contributed by atoms with van der Waals surface area (Å²) in [6, 6.07) is 12.0. The molecule has 2 heterocycles. The summed E-state index contributed by atoms with van der Waals surface area (Å²) in [4.78, 5) is 54.2. The maximum atomic E-state index is 13.5. The molecule has 2 aromatic carbocycles. The van der Waals surface area contributed by atoms with Crippen molar-refractivity contribution >= 4 is 41.2 Å². The van der Waals surface area contributed by atoms with Crippen molar-refractivity contribution < 1.29 is 23.9 Å². The molecule has 9 nitrogen and oxygen atoms in total. The first-order valence-corrected chi connectivity index (χ1v) is 12.3. The fourth-order valence-corrected chi connectivity index (χ4v) is 5.68. The van der Waals surface area contributed by atoms with E-state index in [1.807, 2.05) is 19.1 Å². The second-order valence-electron chi connectivity index (χ2n) is 9.46. The zero-order valence-electron chi connectivity index (χ0n) is 20.0. The smallest absolute Gasteiger partial charge is 0.418 e. The molecule has 0 bridgehead atoms. The molecule has 2 aromatic rings. The highest BCUT2D eigenvalue weighted by Gasteiger charge is 2.58. The van der Waals surface area contributed by atoms with Gasteiger partial charge < -0.3 is 20.3 Å². The van der Waals surface area contributed by atoms with Gasteiger partial charge in [-0.15, -0.1) is 0 Å². The van der Waals surface area contributed by atoms with Gasteiger partial charge in [0, 0.05) is 35.8 Å². The lowest BCUT2D eigenvalue weighted by molar-refractivity contribution is -0.143. The van der Waals surface area contributed by atoms with Gasteiger partial charge in [-0.25, -0.2) is 14.5 Å². The minimum absolute atomic E-state index is 0.0284. The number of hydrogen-bond acceptors (Lipinski definition) is 5. The molecule has 0 aromatic heterocycles. The van der Waals surface area contributed by atoms with Gasteiger partial charge in [-0.05, 0) is 61.6 Å². The molecule has 2 N–H and O–H groups in total. The van der Waals surface area contributed by atoms with Crippen LogP contribution in [0.5, 0.6) is 0 Å². The van der Waals surface area contributed by atoms with E-state index in [0.717, 1.165) is 28.9 Å². The molecule has 5 rings (SSSR count). The Hall–Kier alpha value is -3.59. The number of nitrogens with zero attached hydrogens (tertiary/aromatic N) is 2. The Balaban J connectivity index is 1.35. The Morgan fingerprint density at radius 2 is 1.89 bits per heavy atom. The van der Waals surface area contributed by atoms with Crippen molar-refractivity contribution in [3.8, 4) is 0 Å². The van der Waals surface area contributed by atoms with Crippen molar-refractivity contribution in [1.82, 2.24) is 15.1 Å². The molecule has 0 unspecified atom stereocenters. The Morgan fingerprint density at radius 3 is 2.61 bits per heavy atom. The number of carbonyl (C=O) groups is 4. The summed E-state index contributed by atoms with van der Waals surface area (Å²) in [5.74, 6) is -0.827. The number of nitrogens with one attached hydrogen (secondary N) is 2. The second-order valence-corrected chi connectivity index (χ2v) is 9.89. The van der Waals surface area contributed by atoms with Gasteiger partial charge in [0.15, 0.2) is 0 Å². The van der Waals surface area contributed by atoms with Gasteiger partial charge in [0.1, 0.15) is 6.54 Å². The number of imide groups is 1. The third-order valence-corrected chi connectivity index (χ3v) is 7.60. The number of halogens is 1. The van der Waals surface area contributed by atoms with Crippen LogP contribution in [0, 0.1) is 0 Å². The zero-order valence-corrected chi connectivity index (χ0v) is 20.8. The van der Waals surface area contributed by atoms with Crippen molar-refractivity contribution in [2.24, 2.45) is 0 Å². The number of rotatable bonds is 4. The summed E-state index contributed by atoms with van der Waals surface area (Å²) in [6.07, 6.45) is 1.58. The molecular weight excluding hydrogens is 484 g/mol. The summed E-state index contributed by atoms with van der Waals surface area (Å²) < 4.78 is 5.67. The molecule has 1 aliphatic carbocycles. The van der Waals surface area contributed by atoms with E-state index >= 15 is 0 Å². The van der Waals surface area contributed by atoms with E-state index < -0.39 is 17.6 Å². The number of hydrogen-bond donors (Lipinski definition) is 2. The summed E-state index contributed by atoms with van der Waals surface area (Å²) in [5.41, 5.74) is 1.51. The van der Waals surface area contributed by atoms with Crippen LogP contribution in [0.15, 0.2) is 42.5 Å². The van der Waals surface area contributed by atoms with Crippen LogP contribution < -0.4 is 10.6 Å². The van der Waals surface area contributed by atoms with E-state index in [4.69, 9.17) is 16.3 Å². The van der Waals surface area contributed by atoms with Crippen LogP contribution in [-0.4, -0.2) is 53.4 Å². The number of likely N-dealkylation sites (tertiary alicyclic amines) is 1. The Bertz CT molecular complexity index is 1250. The molecule has 3 aliphatic rings. The third kappa shape index (κ3) is 3.97. The molecule has 2 fully saturated rings. The lowest BCUT2D eigenvalue weighted by Crippen LogP contribution is -2.46. The minimum atomic E-state index is -1.44. The molecular formula is C26H27ClN4O5. The highest BCUT2D eigenvalue weighted by atomic mass is 35.5. The van der Waals surface area contributed by atoms with Gasteiger partial charge in [-0.1, -0.05) is 29.8 Å². The number of amides is 5. The SMILES string of the molecule is CNC(=O)Nc1ccc2c(c1)CC[C@@]21OC(=O)N(CC(=O)N2[C@H](C)CC[C@@H]2c2ccc(Cl)cc2)C1=O. The third-order valence-electron chi connectivity index (χ3n) is 7.35. The normalized spacial score (nSPS) is 24.8. The summed E-state index contributed by atoms with van der Waals surface area (Å²) in [7, 11) is 1.52. The number of urea groups is 1. The van der Waals surface area contributed by atoms with Crippen molar-refractivity contribution in [2.45, 2.75) is 50.3 Å². The molecule has 5 amide bonds. The standard InChI is InChI=1S/C26H27ClN4O5/c1-15-3-10-21(16-4-6-18(27)7-5-16)31(15)22(32)14-30-23(33)26(36-25(30)35)12-11-17-13-19(8-9-20(17)26)29-24(34)28-2/h4-9,13,15,21H,3,10-12,14H2,1-2H3,(H2,28,29,34)/t15-,21-,26-/m1/s1. The number of carbonyl (C=O) groups excluding carboxylic acids is 4. The Kier molecular flexibility index (Phi) is 6.12. The van der Waals surface area contributed by atoms with E-state index in [1.165, 1.54) is 7.05 Å². The van der Waals surface area contributed by atoms with Crippen LogP contribution in [0.2, 0.25) is 5.02 Å². The number of benzene rings is 2. The van der Waals surface area contributed by atoms with Crippen molar-refractivity contribution in [1.29, 1.82) is 0 Å². The van der Waals surface area contributed by atoms with Crippen molar-refractivity contribution in [2.75, 3.05) is 18.9 Å². The summed E-state index contributed by atoms with van der Waals surface area (Å²) >= 11 is 6.03. The van der Waals surface area contributed by atoms with Crippen LogP contribution in [0.25, 0.3) is 0 Å². The lowest BCUT2D eigenvalue weighted by Gasteiger charge is -2.30. The first kappa shape index (κ1) is 24.1.